The first-order valence-corrected chi connectivity index (χ1v) is 11.8. The molecule has 0 spiro atoms. The number of carbonyl (C=O) groups is 2. The SMILES string of the molecule is COc1cc(/C=C(/NC(=O)c2ccccc2)C(=O)Nc2ccc3sc(C)nc3c2)cc(OC)c1OC. The molecule has 2 N–H and O–H groups in total. The van der Waals surface area contributed by atoms with E-state index in [1.165, 1.54) is 21.3 Å². The van der Waals surface area contributed by atoms with Gasteiger partial charge in [-0.1, -0.05) is 18.2 Å². The van der Waals surface area contributed by atoms with E-state index in [-0.39, 0.29) is 5.70 Å². The number of amides is 2. The number of aromatic nitrogens is 1. The lowest BCUT2D eigenvalue weighted by atomic mass is 10.1. The van der Waals surface area contributed by atoms with Crippen molar-refractivity contribution in [3.63, 3.8) is 0 Å². The number of fused-ring (bicyclic) bond motifs is 1. The number of ether oxygens (including phenoxy) is 3. The summed E-state index contributed by atoms with van der Waals surface area (Å²) in [6, 6.07) is 17.5. The Labute approximate surface area is 212 Å². The third kappa shape index (κ3) is 5.47. The number of hydrogen-bond donors (Lipinski definition) is 2. The van der Waals surface area contributed by atoms with Crippen LogP contribution in [0.3, 0.4) is 0 Å². The van der Waals surface area contributed by atoms with Gasteiger partial charge >= 0.3 is 0 Å². The minimum absolute atomic E-state index is 0.0349. The van der Waals surface area contributed by atoms with E-state index in [4.69, 9.17) is 14.2 Å². The fourth-order valence-electron chi connectivity index (χ4n) is 3.61. The normalized spacial score (nSPS) is 11.2. The molecule has 1 aromatic heterocycles. The van der Waals surface area contributed by atoms with Gasteiger partial charge in [-0.05, 0) is 61.0 Å². The molecule has 0 atom stereocenters. The summed E-state index contributed by atoms with van der Waals surface area (Å²) in [5.41, 5.74) is 2.36. The third-order valence-electron chi connectivity index (χ3n) is 5.28. The van der Waals surface area contributed by atoms with Crippen molar-refractivity contribution in [2.24, 2.45) is 0 Å². The van der Waals surface area contributed by atoms with Crippen molar-refractivity contribution in [3.05, 3.63) is 82.5 Å². The number of thiazole rings is 1. The van der Waals surface area contributed by atoms with Crippen LogP contribution in [0, 0.1) is 6.92 Å². The number of aryl methyl sites for hydroxylation is 1. The minimum Gasteiger partial charge on any atom is -0.493 e. The van der Waals surface area contributed by atoms with Crippen LogP contribution in [0.1, 0.15) is 20.9 Å². The van der Waals surface area contributed by atoms with Crippen LogP contribution in [0.4, 0.5) is 5.69 Å². The number of hydrogen-bond acceptors (Lipinski definition) is 7. The quantitative estimate of drug-likeness (QED) is 0.327. The van der Waals surface area contributed by atoms with E-state index in [1.807, 2.05) is 19.1 Å². The summed E-state index contributed by atoms with van der Waals surface area (Å²) in [7, 11) is 4.52. The number of methoxy groups -OCH3 is 3. The molecule has 0 saturated heterocycles. The molecule has 8 nitrogen and oxygen atoms in total. The number of carbonyl (C=O) groups excluding carboxylic acids is 2. The summed E-state index contributed by atoms with van der Waals surface area (Å²) in [4.78, 5) is 30.8. The van der Waals surface area contributed by atoms with Gasteiger partial charge in [-0.25, -0.2) is 4.98 Å². The van der Waals surface area contributed by atoms with E-state index in [0.717, 1.165) is 15.2 Å². The monoisotopic (exact) mass is 503 g/mol. The van der Waals surface area contributed by atoms with Gasteiger partial charge in [-0.3, -0.25) is 9.59 Å². The van der Waals surface area contributed by atoms with Crippen molar-refractivity contribution in [1.29, 1.82) is 0 Å². The maximum atomic E-state index is 13.4. The first-order chi connectivity index (χ1) is 17.4. The number of nitrogens with zero attached hydrogens (tertiary/aromatic N) is 1. The topological polar surface area (TPSA) is 98.8 Å². The van der Waals surface area contributed by atoms with Crippen molar-refractivity contribution in [3.8, 4) is 17.2 Å². The summed E-state index contributed by atoms with van der Waals surface area (Å²) < 4.78 is 17.2. The van der Waals surface area contributed by atoms with Crippen molar-refractivity contribution >= 4 is 45.1 Å². The highest BCUT2D eigenvalue weighted by Gasteiger charge is 2.18. The van der Waals surface area contributed by atoms with Crippen molar-refractivity contribution in [1.82, 2.24) is 10.3 Å². The second-order valence-corrected chi connectivity index (χ2v) is 8.94. The van der Waals surface area contributed by atoms with Gasteiger partial charge in [0.2, 0.25) is 5.75 Å². The van der Waals surface area contributed by atoms with Crippen LogP contribution in [-0.4, -0.2) is 38.1 Å². The molecule has 0 saturated carbocycles. The number of benzene rings is 3. The zero-order valence-electron chi connectivity index (χ0n) is 20.2. The van der Waals surface area contributed by atoms with Crippen LogP contribution < -0.4 is 24.8 Å². The second kappa shape index (κ2) is 10.9. The minimum atomic E-state index is -0.501. The van der Waals surface area contributed by atoms with Gasteiger partial charge in [-0.15, -0.1) is 11.3 Å². The summed E-state index contributed by atoms with van der Waals surface area (Å²) in [5.74, 6) is 0.334. The maximum absolute atomic E-state index is 13.4. The average Bonchev–Trinajstić information content (AvgIpc) is 3.27. The Morgan fingerprint density at radius 1 is 0.917 bits per heavy atom. The Bertz CT molecular complexity index is 1420. The fourth-order valence-corrected chi connectivity index (χ4v) is 4.42. The molecule has 0 aliphatic heterocycles. The van der Waals surface area contributed by atoms with E-state index >= 15 is 0 Å². The Morgan fingerprint density at radius 2 is 1.61 bits per heavy atom. The molecule has 4 rings (SSSR count). The summed E-state index contributed by atoms with van der Waals surface area (Å²) in [6.07, 6.45) is 1.55. The van der Waals surface area contributed by atoms with E-state index in [2.05, 4.69) is 15.6 Å². The average molecular weight is 504 g/mol. The number of rotatable bonds is 8. The molecule has 0 unspecified atom stereocenters. The Balaban J connectivity index is 1.71. The zero-order chi connectivity index (χ0) is 25.7. The largest absolute Gasteiger partial charge is 0.493 e. The summed E-state index contributed by atoms with van der Waals surface area (Å²) >= 11 is 1.58. The molecule has 0 fully saturated rings. The molecule has 36 heavy (non-hydrogen) atoms. The molecule has 3 aromatic carbocycles. The van der Waals surface area contributed by atoms with E-state index in [1.54, 1.807) is 65.9 Å². The van der Waals surface area contributed by atoms with Crippen molar-refractivity contribution < 1.29 is 23.8 Å². The number of nitrogens with one attached hydrogen (secondary N) is 2. The highest BCUT2D eigenvalue weighted by atomic mass is 32.1. The van der Waals surface area contributed by atoms with Gasteiger partial charge in [-0.2, -0.15) is 0 Å². The molecular formula is C27H25N3O5S. The van der Waals surface area contributed by atoms with E-state index in [9.17, 15) is 9.59 Å². The molecule has 0 radical (unpaired) electrons. The van der Waals surface area contributed by atoms with Crippen LogP contribution in [0.15, 0.2) is 66.4 Å². The van der Waals surface area contributed by atoms with Crippen LogP contribution >= 0.6 is 11.3 Å². The van der Waals surface area contributed by atoms with Gasteiger partial charge in [0.15, 0.2) is 11.5 Å². The smallest absolute Gasteiger partial charge is 0.272 e. The molecule has 4 aromatic rings. The Hall–Kier alpha value is -4.37. The molecule has 0 aliphatic carbocycles. The molecule has 1 heterocycles. The fraction of sp³-hybridized carbons (Fsp3) is 0.148. The van der Waals surface area contributed by atoms with Crippen LogP contribution in [0.2, 0.25) is 0 Å². The summed E-state index contributed by atoms with van der Waals surface area (Å²) in [6.45, 7) is 1.93. The standard InChI is InChI=1S/C27H25N3O5S/c1-16-28-20-15-19(10-11-24(20)36-16)29-27(32)21(30-26(31)18-8-6-5-7-9-18)12-17-13-22(33-2)25(35-4)23(14-17)34-3/h5-15H,1-4H3,(H,29,32)(H,30,31)/b21-12+. The number of anilines is 1. The highest BCUT2D eigenvalue weighted by molar-refractivity contribution is 7.18. The molecule has 0 aliphatic rings. The van der Waals surface area contributed by atoms with E-state index < -0.39 is 11.8 Å². The van der Waals surface area contributed by atoms with Crippen molar-refractivity contribution in [2.45, 2.75) is 6.92 Å². The first kappa shape index (κ1) is 24.7. The second-order valence-electron chi connectivity index (χ2n) is 7.71. The van der Waals surface area contributed by atoms with Gasteiger partial charge in [0, 0.05) is 11.3 Å². The Morgan fingerprint density at radius 3 is 2.25 bits per heavy atom. The first-order valence-electron chi connectivity index (χ1n) is 11.0. The predicted molar refractivity (Wildman–Crippen MR) is 141 cm³/mol. The molecule has 9 heteroatoms. The molecule has 2 amide bonds. The predicted octanol–water partition coefficient (Wildman–Crippen LogP) is 5.04. The van der Waals surface area contributed by atoms with Crippen LogP contribution in [0.5, 0.6) is 17.2 Å². The van der Waals surface area contributed by atoms with Gasteiger partial charge in [0.05, 0.1) is 36.6 Å². The van der Waals surface area contributed by atoms with Crippen LogP contribution in [0.25, 0.3) is 16.3 Å². The van der Waals surface area contributed by atoms with Crippen LogP contribution in [-0.2, 0) is 4.79 Å². The van der Waals surface area contributed by atoms with Gasteiger partial charge < -0.3 is 24.8 Å². The lowest BCUT2D eigenvalue weighted by Gasteiger charge is -2.14. The zero-order valence-corrected chi connectivity index (χ0v) is 21.1. The molecular weight excluding hydrogens is 478 g/mol. The third-order valence-corrected chi connectivity index (χ3v) is 6.23. The van der Waals surface area contributed by atoms with E-state index in [0.29, 0.717) is 34.1 Å². The Kier molecular flexibility index (Phi) is 7.50. The maximum Gasteiger partial charge on any atom is 0.272 e. The molecule has 0 bridgehead atoms. The summed E-state index contributed by atoms with van der Waals surface area (Å²) in [5, 5.41) is 6.52. The lowest BCUT2D eigenvalue weighted by molar-refractivity contribution is -0.113. The van der Waals surface area contributed by atoms with Crippen molar-refractivity contribution in [2.75, 3.05) is 26.6 Å². The lowest BCUT2D eigenvalue weighted by Crippen LogP contribution is -2.30. The van der Waals surface area contributed by atoms with Gasteiger partial charge in [0.25, 0.3) is 11.8 Å². The van der Waals surface area contributed by atoms with Gasteiger partial charge in [0.1, 0.15) is 5.70 Å². The molecule has 184 valence electrons. The highest BCUT2D eigenvalue weighted by Crippen LogP contribution is 2.38.